The highest BCUT2D eigenvalue weighted by Gasteiger charge is 2.26. The molecule has 0 spiro atoms. The van der Waals surface area contributed by atoms with Crippen LogP contribution >= 0.6 is 23.4 Å². The molecule has 2 atom stereocenters. The van der Waals surface area contributed by atoms with Gasteiger partial charge in [0.25, 0.3) is 0 Å². The van der Waals surface area contributed by atoms with Crippen molar-refractivity contribution in [2.24, 2.45) is 0 Å². The summed E-state index contributed by atoms with van der Waals surface area (Å²) in [6.45, 7) is 0. The topological polar surface area (TPSA) is 68.1 Å². The highest BCUT2D eigenvalue weighted by molar-refractivity contribution is 7.99. The quantitative estimate of drug-likeness (QED) is 0.522. The second-order valence-corrected chi connectivity index (χ2v) is 5.80. The van der Waals surface area contributed by atoms with E-state index < -0.39 is 4.92 Å². The molecule has 0 aromatic carbocycles. The van der Waals surface area contributed by atoms with Gasteiger partial charge in [0.15, 0.2) is 0 Å². The number of nitrogens with zero attached hydrogens (tertiary/aromatic N) is 2. The van der Waals surface area contributed by atoms with Crippen molar-refractivity contribution in [2.75, 3.05) is 11.6 Å². The molecule has 1 N–H and O–H groups in total. The molecule has 0 saturated heterocycles. The number of rotatable bonds is 4. The molecule has 0 amide bonds. The zero-order chi connectivity index (χ0) is 13.1. The van der Waals surface area contributed by atoms with Crippen molar-refractivity contribution in [3.05, 3.63) is 27.4 Å². The first-order valence-electron chi connectivity index (χ1n) is 5.70. The monoisotopic (exact) mass is 287 g/mol. The summed E-state index contributed by atoms with van der Waals surface area (Å²) in [6.07, 6.45) is 5.24. The number of nitrogens with one attached hydrogen (secondary N) is 1. The summed E-state index contributed by atoms with van der Waals surface area (Å²) in [4.78, 5) is 14.5. The van der Waals surface area contributed by atoms with Crippen LogP contribution in [0.1, 0.15) is 19.3 Å². The number of halogens is 1. The molecule has 0 aliphatic heterocycles. The van der Waals surface area contributed by atoms with Crippen molar-refractivity contribution in [2.45, 2.75) is 30.6 Å². The average Bonchev–Trinajstić information content (AvgIpc) is 2.76. The molecule has 2 unspecified atom stereocenters. The first-order valence-corrected chi connectivity index (χ1v) is 7.37. The molecular formula is C11H14ClN3O2S. The van der Waals surface area contributed by atoms with Crippen molar-refractivity contribution >= 4 is 34.9 Å². The van der Waals surface area contributed by atoms with E-state index in [1.54, 1.807) is 0 Å². The van der Waals surface area contributed by atoms with Gasteiger partial charge in [-0.25, -0.2) is 4.98 Å². The van der Waals surface area contributed by atoms with Gasteiger partial charge in [0.1, 0.15) is 5.15 Å². The van der Waals surface area contributed by atoms with Gasteiger partial charge >= 0.3 is 5.69 Å². The van der Waals surface area contributed by atoms with E-state index in [9.17, 15) is 10.1 Å². The Labute approximate surface area is 114 Å². The maximum Gasteiger partial charge on any atom is 0.311 e. The molecule has 0 bridgehead atoms. The smallest absolute Gasteiger partial charge is 0.311 e. The second-order valence-electron chi connectivity index (χ2n) is 4.27. The maximum absolute atomic E-state index is 10.9. The normalized spacial score (nSPS) is 23.0. The minimum Gasteiger partial charge on any atom is -0.362 e. The summed E-state index contributed by atoms with van der Waals surface area (Å²) < 4.78 is 0. The molecule has 1 aliphatic carbocycles. The van der Waals surface area contributed by atoms with E-state index >= 15 is 0 Å². The van der Waals surface area contributed by atoms with Crippen LogP contribution < -0.4 is 5.32 Å². The Morgan fingerprint density at radius 1 is 1.56 bits per heavy atom. The third kappa shape index (κ3) is 3.05. The summed E-state index contributed by atoms with van der Waals surface area (Å²) in [5.74, 6) is 0.277. The molecule has 1 aliphatic rings. The lowest BCUT2D eigenvalue weighted by atomic mass is 10.2. The number of anilines is 1. The Bertz CT molecular complexity index is 458. The zero-order valence-electron chi connectivity index (χ0n) is 9.93. The number of hydrogen-bond acceptors (Lipinski definition) is 5. The fraction of sp³-hybridized carbons (Fsp3) is 0.545. The van der Waals surface area contributed by atoms with Crippen LogP contribution in [0.5, 0.6) is 0 Å². The molecule has 1 heterocycles. The van der Waals surface area contributed by atoms with Gasteiger partial charge in [0, 0.05) is 17.4 Å². The van der Waals surface area contributed by atoms with Gasteiger partial charge in [-0.05, 0) is 31.6 Å². The Kier molecular flexibility index (Phi) is 4.29. The van der Waals surface area contributed by atoms with Crippen LogP contribution in [0.3, 0.4) is 0 Å². The molecule has 1 saturated carbocycles. The molecule has 0 radical (unpaired) electrons. The summed E-state index contributed by atoms with van der Waals surface area (Å²) in [7, 11) is 0. The number of thioether (sulfide) groups is 1. The van der Waals surface area contributed by atoms with E-state index in [0.29, 0.717) is 5.25 Å². The summed E-state index contributed by atoms with van der Waals surface area (Å²) >= 11 is 7.63. The van der Waals surface area contributed by atoms with Crippen molar-refractivity contribution in [1.29, 1.82) is 0 Å². The minimum atomic E-state index is -0.438. The van der Waals surface area contributed by atoms with E-state index in [1.807, 2.05) is 11.8 Å². The predicted molar refractivity (Wildman–Crippen MR) is 74.5 cm³/mol. The lowest BCUT2D eigenvalue weighted by molar-refractivity contribution is -0.384. The van der Waals surface area contributed by atoms with Gasteiger partial charge in [-0.15, -0.1) is 0 Å². The van der Waals surface area contributed by atoms with Gasteiger partial charge in [-0.1, -0.05) is 11.6 Å². The Hall–Kier alpha value is -1.01. The molecule has 18 heavy (non-hydrogen) atoms. The standard InChI is InChI=1S/C11H14ClN3O2S/c1-18-8-3-2-7(6-8)13-11-9(15(16)17)4-5-10(12)14-11/h4-5,7-8H,2-3,6H2,1H3,(H,13,14). The molecule has 1 aromatic heterocycles. The van der Waals surface area contributed by atoms with E-state index in [-0.39, 0.29) is 22.7 Å². The summed E-state index contributed by atoms with van der Waals surface area (Å²) in [6, 6.07) is 3.07. The maximum atomic E-state index is 10.9. The van der Waals surface area contributed by atoms with Crippen LogP contribution in [0.2, 0.25) is 5.15 Å². The first kappa shape index (κ1) is 13.4. The lowest BCUT2D eigenvalue weighted by Crippen LogP contribution is -2.17. The number of aromatic nitrogens is 1. The van der Waals surface area contributed by atoms with Crippen LogP contribution in [0.25, 0.3) is 0 Å². The Morgan fingerprint density at radius 3 is 2.94 bits per heavy atom. The molecule has 1 fully saturated rings. The van der Waals surface area contributed by atoms with Gasteiger partial charge < -0.3 is 5.32 Å². The van der Waals surface area contributed by atoms with Gasteiger partial charge in [0.05, 0.1) is 4.92 Å². The van der Waals surface area contributed by atoms with Crippen molar-refractivity contribution in [3.8, 4) is 0 Å². The second kappa shape index (κ2) is 5.75. The molecule has 7 heteroatoms. The number of nitro groups is 1. The Balaban J connectivity index is 2.13. The number of hydrogen-bond donors (Lipinski definition) is 1. The summed E-state index contributed by atoms with van der Waals surface area (Å²) in [5.41, 5.74) is -0.0213. The third-order valence-electron chi connectivity index (χ3n) is 3.10. The molecular weight excluding hydrogens is 274 g/mol. The van der Waals surface area contributed by atoms with Gasteiger partial charge in [-0.3, -0.25) is 10.1 Å². The highest BCUT2D eigenvalue weighted by Crippen LogP contribution is 2.32. The average molecular weight is 288 g/mol. The predicted octanol–water partition coefficient (Wildman–Crippen LogP) is 3.34. The van der Waals surface area contributed by atoms with Crippen molar-refractivity contribution in [3.63, 3.8) is 0 Å². The molecule has 5 nitrogen and oxygen atoms in total. The largest absolute Gasteiger partial charge is 0.362 e. The van der Waals surface area contributed by atoms with E-state index in [2.05, 4.69) is 16.6 Å². The van der Waals surface area contributed by atoms with Crippen LogP contribution in [-0.4, -0.2) is 27.5 Å². The van der Waals surface area contributed by atoms with Gasteiger partial charge in [0.2, 0.25) is 5.82 Å². The van der Waals surface area contributed by atoms with Crippen LogP contribution in [0, 0.1) is 10.1 Å². The van der Waals surface area contributed by atoms with Crippen LogP contribution in [0.15, 0.2) is 12.1 Å². The van der Waals surface area contributed by atoms with Crippen LogP contribution in [0.4, 0.5) is 11.5 Å². The molecule has 1 aromatic rings. The van der Waals surface area contributed by atoms with Gasteiger partial charge in [-0.2, -0.15) is 11.8 Å². The van der Waals surface area contributed by atoms with Crippen molar-refractivity contribution in [1.82, 2.24) is 4.98 Å². The lowest BCUT2D eigenvalue weighted by Gasteiger charge is -2.13. The highest BCUT2D eigenvalue weighted by atomic mass is 35.5. The third-order valence-corrected chi connectivity index (χ3v) is 4.40. The number of pyridine rings is 1. The van der Waals surface area contributed by atoms with Crippen molar-refractivity contribution < 1.29 is 4.92 Å². The minimum absolute atomic E-state index is 0.0213. The van der Waals surface area contributed by atoms with Crippen LogP contribution in [-0.2, 0) is 0 Å². The molecule has 2 rings (SSSR count). The van der Waals surface area contributed by atoms with E-state index in [1.165, 1.54) is 12.1 Å². The molecule has 98 valence electrons. The fourth-order valence-corrected chi connectivity index (χ4v) is 3.10. The van der Waals surface area contributed by atoms with E-state index in [4.69, 9.17) is 11.6 Å². The SMILES string of the molecule is CSC1CCC(Nc2nc(Cl)ccc2[N+](=O)[O-])C1. The summed E-state index contributed by atoms with van der Waals surface area (Å²) in [5, 5.41) is 14.9. The Morgan fingerprint density at radius 2 is 2.33 bits per heavy atom. The fourth-order valence-electron chi connectivity index (χ4n) is 2.16. The zero-order valence-corrected chi connectivity index (χ0v) is 11.5. The first-order chi connectivity index (χ1) is 8.60. The van der Waals surface area contributed by atoms with E-state index in [0.717, 1.165) is 19.3 Å².